The highest BCUT2D eigenvalue weighted by atomic mass is 35.5. The molecule has 0 aliphatic carbocycles. The van der Waals surface area contributed by atoms with Crippen LogP contribution in [0.25, 0.3) is 0 Å². The van der Waals surface area contributed by atoms with E-state index in [0.29, 0.717) is 5.56 Å². The van der Waals surface area contributed by atoms with Gasteiger partial charge >= 0.3 is 0 Å². The van der Waals surface area contributed by atoms with Crippen LogP contribution in [0.3, 0.4) is 0 Å². The number of carbonyl (C=O) groups excluding carboxylic acids is 1. The predicted molar refractivity (Wildman–Crippen MR) is 61.3 cm³/mol. The largest absolute Gasteiger partial charge is 0.391 e. The van der Waals surface area contributed by atoms with E-state index in [1.165, 1.54) is 0 Å². The van der Waals surface area contributed by atoms with Crippen LogP contribution in [-0.2, 0) is 0 Å². The standard InChI is InChI=1S/C12H15ClO2/c1-8(2)11(14)10(13)12(15)9-6-4-3-5-7-9/h3-8,10-11,14H,1-2H3/t10-,11-/m1/s1. The second-order valence-corrected chi connectivity index (χ2v) is 4.34. The van der Waals surface area contributed by atoms with Gasteiger partial charge in [-0.1, -0.05) is 44.2 Å². The molecule has 2 nitrogen and oxygen atoms in total. The van der Waals surface area contributed by atoms with E-state index in [-0.39, 0.29) is 11.7 Å². The van der Waals surface area contributed by atoms with Crippen LogP contribution in [0.1, 0.15) is 24.2 Å². The number of benzene rings is 1. The first kappa shape index (κ1) is 12.2. The number of rotatable bonds is 4. The summed E-state index contributed by atoms with van der Waals surface area (Å²) in [6.45, 7) is 3.66. The molecule has 0 fully saturated rings. The van der Waals surface area contributed by atoms with Crippen molar-refractivity contribution >= 4 is 17.4 Å². The summed E-state index contributed by atoms with van der Waals surface area (Å²) in [7, 11) is 0. The van der Waals surface area contributed by atoms with Gasteiger partial charge in [0.1, 0.15) is 5.38 Å². The number of halogens is 1. The van der Waals surface area contributed by atoms with Crippen molar-refractivity contribution in [1.82, 2.24) is 0 Å². The van der Waals surface area contributed by atoms with Crippen molar-refractivity contribution in [2.45, 2.75) is 25.3 Å². The van der Waals surface area contributed by atoms with E-state index < -0.39 is 11.5 Å². The van der Waals surface area contributed by atoms with Crippen molar-refractivity contribution in [3.63, 3.8) is 0 Å². The Morgan fingerprint density at radius 3 is 2.27 bits per heavy atom. The van der Waals surface area contributed by atoms with Crippen molar-refractivity contribution in [2.75, 3.05) is 0 Å². The van der Waals surface area contributed by atoms with Crippen LogP contribution in [0.4, 0.5) is 0 Å². The van der Waals surface area contributed by atoms with Crippen LogP contribution in [0.2, 0.25) is 0 Å². The lowest BCUT2D eigenvalue weighted by atomic mass is 9.98. The number of hydrogen-bond donors (Lipinski definition) is 1. The third-order valence-corrected chi connectivity index (χ3v) is 2.75. The highest BCUT2D eigenvalue weighted by molar-refractivity contribution is 6.34. The van der Waals surface area contributed by atoms with Gasteiger partial charge in [0.15, 0.2) is 5.78 Å². The first-order valence-electron chi connectivity index (χ1n) is 4.95. The van der Waals surface area contributed by atoms with Gasteiger partial charge in [-0.25, -0.2) is 0 Å². The molecule has 0 aliphatic heterocycles. The fourth-order valence-corrected chi connectivity index (χ4v) is 1.67. The molecule has 82 valence electrons. The van der Waals surface area contributed by atoms with Gasteiger partial charge in [0.25, 0.3) is 0 Å². The van der Waals surface area contributed by atoms with Crippen LogP contribution >= 0.6 is 11.6 Å². The molecule has 0 heterocycles. The Hall–Kier alpha value is -0.860. The molecule has 15 heavy (non-hydrogen) atoms. The lowest BCUT2D eigenvalue weighted by molar-refractivity contribution is 0.0807. The first-order chi connectivity index (χ1) is 7.04. The minimum absolute atomic E-state index is 0.0276. The second-order valence-electron chi connectivity index (χ2n) is 3.87. The quantitative estimate of drug-likeness (QED) is 0.633. The first-order valence-corrected chi connectivity index (χ1v) is 5.39. The summed E-state index contributed by atoms with van der Waals surface area (Å²) in [5.74, 6) is -0.251. The molecule has 2 atom stereocenters. The number of alkyl halides is 1. The summed E-state index contributed by atoms with van der Waals surface area (Å²) in [6.07, 6.45) is -0.806. The third kappa shape index (κ3) is 3.05. The van der Waals surface area contributed by atoms with Crippen molar-refractivity contribution < 1.29 is 9.90 Å². The fourth-order valence-electron chi connectivity index (χ4n) is 1.25. The highest BCUT2D eigenvalue weighted by Crippen LogP contribution is 2.17. The maximum Gasteiger partial charge on any atom is 0.183 e. The van der Waals surface area contributed by atoms with E-state index in [4.69, 9.17) is 11.6 Å². The van der Waals surface area contributed by atoms with Crippen LogP contribution in [-0.4, -0.2) is 22.4 Å². The zero-order valence-electron chi connectivity index (χ0n) is 8.85. The second kappa shape index (κ2) is 5.29. The normalized spacial score (nSPS) is 15.0. The summed E-state index contributed by atoms with van der Waals surface area (Å²) in [5.41, 5.74) is 0.539. The van der Waals surface area contributed by atoms with Crippen LogP contribution < -0.4 is 0 Å². The lowest BCUT2D eigenvalue weighted by Crippen LogP contribution is -2.33. The van der Waals surface area contributed by atoms with Crippen LogP contribution in [0, 0.1) is 5.92 Å². The molecule has 1 aromatic carbocycles. The summed E-state index contributed by atoms with van der Waals surface area (Å²) < 4.78 is 0. The van der Waals surface area contributed by atoms with Crippen molar-refractivity contribution in [2.24, 2.45) is 5.92 Å². The number of hydrogen-bond acceptors (Lipinski definition) is 2. The molecule has 1 aromatic rings. The highest BCUT2D eigenvalue weighted by Gasteiger charge is 2.27. The fraction of sp³-hybridized carbons (Fsp3) is 0.417. The van der Waals surface area contributed by atoms with Gasteiger partial charge in [-0.15, -0.1) is 11.6 Å². The van der Waals surface area contributed by atoms with Crippen molar-refractivity contribution in [1.29, 1.82) is 0 Å². The van der Waals surface area contributed by atoms with Crippen LogP contribution in [0.5, 0.6) is 0 Å². The van der Waals surface area contributed by atoms with Crippen molar-refractivity contribution in [3.05, 3.63) is 35.9 Å². The molecule has 0 saturated carbocycles. The number of ketones is 1. The number of aliphatic hydroxyl groups excluding tert-OH is 1. The van der Waals surface area contributed by atoms with Gasteiger partial charge in [-0.2, -0.15) is 0 Å². The minimum atomic E-state index is -0.868. The zero-order chi connectivity index (χ0) is 11.4. The van der Waals surface area contributed by atoms with Gasteiger partial charge in [0.05, 0.1) is 6.10 Å². The molecule has 0 spiro atoms. The topological polar surface area (TPSA) is 37.3 Å². The molecule has 0 saturated heterocycles. The molecule has 0 unspecified atom stereocenters. The molecule has 1 N–H and O–H groups in total. The van der Waals surface area contributed by atoms with Gasteiger partial charge < -0.3 is 5.11 Å². The molecule has 0 bridgehead atoms. The maximum atomic E-state index is 11.8. The van der Waals surface area contributed by atoms with Gasteiger partial charge in [0.2, 0.25) is 0 Å². The lowest BCUT2D eigenvalue weighted by Gasteiger charge is -2.19. The summed E-state index contributed by atoms with van der Waals surface area (Å²) in [6, 6.07) is 8.78. The Balaban J connectivity index is 2.78. The van der Waals surface area contributed by atoms with Gasteiger partial charge in [-0.05, 0) is 5.92 Å². The molecule has 0 aromatic heterocycles. The number of Topliss-reactive ketones (excluding diaryl/α,β-unsaturated/α-hetero) is 1. The Bertz CT molecular complexity index is 322. The molecule has 0 amide bonds. The molecule has 3 heteroatoms. The van der Waals surface area contributed by atoms with Crippen LogP contribution in [0.15, 0.2) is 30.3 Å². The van der Waals surface area contributed by atoms with E-state index >= 15 is 0 Å². The van der Waals surface area contributed by atoms with E-state index in [9.17, 15) is 9.90 Å². The SMILES string of the molecule is CC(C)[C@@H](O)[C@@H](Cl)C(=O)c1ccccc1. The molecule has 0 aliphatic rings. The zero-order valence-corrected chi connectivity index (χ0v) is 9.61. The smallest absolute Gasteiger partial charge is 0.183 e. The van der Waals surface area contributed by atoms with E-state index in [0.717, 1.165) is 0 Å². The Morgan fingerprint density at radius 1 is 1.27 bits per heavy atom. The van der Waals surface area contributed by atoms with Gasteiger partial charge in [0, 0.05) is 5.56 Å². The average molecular weight is 227 g/mol. The van der Waals surface area contributed by atoms with Gasteiger partial charge in [-0.3, -0.25) is 4.79 Å². The Labute approximate surface area is 94.9 Å². The number of aliphatic hydroxyl groups is 1. The summed E-state index contributed by atoms with van der Waals surface area (Å²) in [4.78, 5) is 11.8. The molecule has 1 rings (SSSR count). The number of carbonyl (C=O) groups is 1. The third-order valence-electron chi connectivity index (χ3n) is 2.29. The molecular formula is C12H15ClO2. The predicted octanol–water partition coefficient (Wildman–Crippen LogP) is 2.49. The van der Waals surface area contributed by atoms with E-state index in [2.05, 4.69) is 0 Å². The summed E-state index contributed by atoms with van der Waals surface area (Å²) in [5, 5.41) is 8.81. The molecule has 0 radical (unpaired) electrons. The van der Waals surface area contributed by atoms with Crippen molar-refractivity contribution in [3.8, 4) is 0 Å². The Morgan fingerprint density at radius 2 is 1.80 bits per heavy atom. The average Bonchev–Trinajstić information content (AvgIpc) is 2.27. The molecular weight excluding hydrogens is 212 g/mol. The maximum absolute atomic E-state index is 11.8. The minimum Gasteiger partial charge on any atom is -0.391 e. The van der Waals surface area contributed by atoms with E-state index in [1.807, 2.05) is 19.9 Å². The monoisotopic (exact) mass is 226 g/mol. The summed E-state index contributed by atoms with van der Waals surface area (Å²) >= 11 is 5.91. The van der Waals surface area contributed by atoms with E-state index in [1.54, 1.807) is 24.3 Å². The Kier molecular flexibility index (Phi) is 4.30.